The standard InChI is InChI=1S/C18H26N4O3S/c1-4-13-5-7-15(8-6-13)22-10-14(9-16(22)23)17(24)20-21-18(26)19-12(2)11-25-3/h5-8,12,14H,4,9-11H2,1-3H3,(H,20,24)(H2,19,21,26)/t12-,14+/m0/s1. The van der Waals surface area contributed by atoms with Gasteiger partial charge in [0.2, 0.25) is 11.8 Å². The van der Waals surface area contributed by atoms with Gasteiger partial charge < -0.3 is 15.0 Å². The zero-order valence-corrected chi connectivity index (χ0v) is 16.2. The molecule has 2 amide bonds. The molecule has 0 aromatic heterocycles. The Balaban J connectivity index is 1.85. The Morgan fingerprint density at radius 3 is 2.65 bits per heavy atom. The number of methoxy groups -OCH3 is 1. The van der Waals surface area contributed by atoms with E-state index in [4.69, 9.17) is 17.0 Å². The summed E-state index contributed by atoms with van der Waals surface area (Å²) in [5, 5.41) is 3.29. The molecule has 0 unspecified atom stereocenters. The Morgan fingerprint density at radius 2 is 2.04 bits per heavy atom. The third-order valence-electron chi connectivity index (χ3n) is 4.25. The minimum atomic E-state index is -0.417. The van der Waals surface area contributed by atoms with Crippen LogP contribution in [0.3, 0.4) is 0 Å². The molecule has 142 valence electrons. The van der Waals surface area contributed by atoms with Crippen LogP contribution in [0.4, 0.5) is 5.69 Å². The zero-order chi connectivity index (χ0) is 19.1. The van der Waals surface area contributed by atoms with Gasteiger partial charge in [0.15, 0.2) is 5.11 Å². The summed E-state index contributed by atoms with van der Waals surface area (Å²) in [5.74, 6) is -0.724. The number of nitrogens with one attached hydrogen (secondary N) is 3. The Morgan fingerprint density at radius 1 is 1.35 bits per heavy atom. The van der Waals surface area contributed by atoms with Gasteiger partial charge in [-0.25, -0.2) is 0 Å². The Labute approximate surface area is 159 Å². The number of amides is 2. The van der Waals surface area contributed by atoms with Gasteiger partial charge in [0, 0.05) is 31.8 Å². The number of aryl methyl sites for hydroxylation is 1. The minimum Gasteiger partial charge on any atom is -0.383 e. The molecule has 26 heavy (non-hydrogen) atoms. The number of carbonyl (C=O) groups is 2. The van der Waals surface area contributed by atoms with Gasteiger partial charge >= 0.3 is 0 Å². The summed E-state index contributed by atoms with van der Waals surface area (Å²) in [6, 6.07) is 7.87. The van der Waals surface area contributed by atoms with Crippen LogP contribution in [0.15, 0.2) is 24.3 Å². The second-order valence-electron chi connectivity index (χ2n) is 6.37. The maximum absolute atomic E-state index is 12.3. The first-order chi connectivity index (χ1) is 12.4. The molecule has 0 radical (unpaired) electrons. The second-order valence-corrected chi connectivity index (χ2v) is 6.78. The maximum atomic E-state index is 12.3. The lowest BCUT2D eigenvalue weighted by molar-refractivity contribution is -0.126. The lowest BCUT2D eigenvalue weighted by Gasteiger charge is -2.18. The SMILES string of the molecule is CCc1ccc(N2C[C@H](C(=O)NNC(=S)N[C@@H](C)COC)CC2=O)cc1. The molecule has 7 nitrogen and oxygen atoms in total. The van der Waals surface area contributed by atoms with Gasteiger partial charge in [0.25, 0.3) is 0 Å². The van der Waals surface area contributed by atoms with Crippen molar-refractivity contribution in [3.8, 4) is 0 Å². The monoisotopic (exact) mass is 378 g/mol. The molecular formula is C18H26N4O3S. The summed E-state index contributed by atoms with van der Waals surface area (Å²) in [6.07, 6.45) is 1.13. The maximum Gasteiger partial charge on any atom is 0.243 e. The number of benzene rings is 1. The number of carbonyl (C=O) groups excluding carboxylic acids is 2. The number of nitrogens with zero attached hydrogens (tertiary/aromatic N) is 1. The largest absolute Gasteiger partial charge is 0.383 e. The molecule has 1 saturated heterocycles. The normalized spacial score (nSPS) is 17.7. The molecule has 1 aliphatic heterocycles. The first kappa shape index (κ1) is 20.1. The summed E-state index contributed by atoms with van der Waals surface area (Å²) in [7, 11) is 1.61. The fraction of sp³-hybridized carbons (Fsp3) is 0.500. The number of rotatable bonds is 6. The first-order valence-electron chi connectivity index (χ1n) is 8.69. The van der Waals surface area contributed by atoms with Gasteiger partial charge in [-0.1, -0.05) is 19.1 Å². The molecule has 0 aliphatic carbocycles. The molecule has 1 heterocycles. The molecule has 0 spiro atoms. The molecular weight excluding hydrogens is 352 g/mol. The highest BCUT2D eigenvalue weighted by Gasteiger charge is 2.35. The molecule has 3 N–H and O–H groups in total. The van der Waals surface area contributed by atoms with E-state index in [0.29, 0.717) is 18.3 Å². The van der Waals surface area contributed by atoms with Crippen molar-refractivity contribution in [2.45, 2.75) is 32.7 Å². The average molecular weight is 378 g/mol. The number of thiocarbonyl (C=S) groups is 1. The van der Waals surface area contributed by atoms with Crippen molar-refractivity contribution in [1.82, 2.24) is 16.2 Å². The van der Waals surface area contributed by atoms with Crippen molar-refractivity contribution in [1.29, 1.82) is 0 Å². The van der Waals surface area contributed by atoms with E-state index in [1.165, 1.54) is 5.56 Å². The molecule has 8 heteroatoms. The van der Waals surface area contributed by atoms with Crippen molar-refractivity contribution in [2.75, 3.05) is 25.2 Å². The molecule has 1 aromatic carbocycles. The molecule has 0 bridgehead atoms. The fourth-order valence-corrected chi connectivity index (χ4v) is 3.07. The van der Waals surface area contributed by atoms with Crippen LogP contribution >= 0.6 is 12.2 Å². The summed E-state index contributed by atoms with van der Waals surface area (Å²) in [5.41, 5.74) is 7.27. The van der Waals surface area contributed by atoms with Gasteiger partial charge in [-0.3, -0.25) is 20.4 Å². The van der Waals surface area contributed by atoms with E-state index in [0.717, 1.165) is 12.1 Å². The van der Waals surface area contributed by atoms with Gasteiger partial charge in [0.05, 0.1) is 12.5 Å². The van der Waals surface area contributed by atoms with Crippen LogP contribution in [0.1, 0.15) is 25.8 Å². The lowest BCUT2D eigenvalue weighted by Crippen LogP contribution is -2.51. The summed E-state index contributed by atoms with van der Waals surface area (Å²) >= 11 is 5.11. The van der Waals surface area contributed by atoms with E-state index in [-0.39, 0.29) is 24.3 Å². The number of anilines is 1. The molecule has 2 atom stereocenters. The minimum absolute atomic E-state index is 0.0199. The molecule has 2 rings (SSSR count). The quantitative estimate of drug-likeness (QED) is 0.509. The van der Waals surface area contributed by atoms with Crippen molar-refractivity contribution in [2.24, 2.45) is 5.92 Å². The third kappa shape index (κ3) is 5.40. The van der Waals surface area contributed by atoms with Crippen molar-refractivity contribution >= 4 is 34.8 Å². The predicted octanol–water partition coefficient (Wildman–Crippen LogP) is 1.13. The number of hydrogen-bond acceptors (Lipinski definition) is 4. The smallest absolute Gasteiger partial charge is 0.243 e. The third-order valence-corrected chi connectivity index (χ3v) is 4.47. The zero-order valence-electron chi connectivity index (χ0n) is 15.4. The topological polar surface area (TPSA) is 82.7 Å². The van der Waals surface area contributed by atoms with Gasteiger partial charge in [-0.05, 0) is 43.3 Å². The van der Waals surface area contributed by atoms with Crippen molar-refractivity contribution < 1.29 is 14.3 Å². The number of hydrazine groups is 1. The van der Waals surface area contributed by atoms with Crippen molar-refractivity contribution in [3.63, 3.8) is 0 Å². The molecule has 1 aromatic rings. The predicted molar refractivity (Wildman–Crippen MR) is 105 cm³/mol. The Bertz CT molecular complexity index is 650. The molecule has 1 aliphatic rings. The van der Waals surface area contributed by atoms with E-state index >= 15 is 0 Å². The van der Waals surface area contributed by atoms with Crippen molar-refractivity contribution in [3.05, 3.63) is 29.8 Å². The Hall–Kier alpha value is -2.19. The van der Waals surface area contributed by atoms with Crippen LogP contribution < -0.4 is 21.1 Å². The summed E-state index contributed by atoms with van der Waals surface area (Å²) < 4.78 is 5.01. The van der Waals surface area contributed by atoms with E-state index in [2.05, 4.69) is 23.1 Å². The van der Waals surface area contributed by atoms with E-state index in [1.54, 1.807) is 12.0 Å². The van der Waals surface area contributed by atoms with Crippen LogP contribution in [-0.4, -0.2) is 43.2 Å². The van der Waals surface area contributed by atoms with Crippen LogP contribution in [0.5, 0.6) is 0 Å². The van der Waals surface area contributed by atoms with E-state index < -0.39 is 5.92 Å². The number of hydrogen-bond donors (Lipinski definition) is 3. The lowest BCUT2D eigenvalue weighted by atomic mass is 10.1. The van der Waals surface area contributed by atoms with E-state index in [9.17, 15) is 9.59 Å². The number of ether oxygens (including phenoxy) is 1. The molecule has 1 fully saturated rings. The van der Waals surface area contributed by atoms with Crippen LogP contribution in [0, 0.1) is 5.92 Å². The summed E-state index contributed by atoms with van der Waals surface area (Å²) in [6.45, 7) is 4.85. The highest BCUT2D eigenvalue weighted by molar-refractivity contribution is 7.80. The highest BCUT2D eigenvalue weighted by atomic mass is 32.1. The fourth-order valence-electron chi connectivity index (χ4n) is 2.82. The molecule has 0 saturated carbocycles. The van der Waals surface area contributed by atoms with Crippen LogP contribution in [-0.2, 0) is 20.7 Å². The Kier molecular flexibility index (Phi) is 7.35. The van der Waals surface area contributed by atoms with E-state index in [1.807, 2.05) is 31.2 Å². The van der Waals surface area contributed by atoms with Gasteiger partial charge in [-0.2, -0.15) is 0 Å². The summed E-state index contributed by atoms with van der Waals surface area (Å²) in [4.78, 5) is 26.2. The highest BCUT2D eigenvalue weighted by Crippen LogP contribution is 2.25. The van der Waals surface area contributed by atoms with Crippen LogP contribution in [0.25, 0.3) is 0 Å². The van der Waals surface area contributed by atoms with Gasteiger partial charge in [-0.15, -0.1) is 0 Å². The average Bonchev–Trinajstić information content (AvgIpc) is 3.01. The van der Waals surface area contributed by atoms with Crippen LogP contribution in [0.2, 0.25) is 0 Å². The second kappa shape index (κ2) is 9.49. The van der Waals surface area contributed by atoms with Gasteiger partial charge in [0.1, 0.15) is 0 Å². The first-order valence-corrected chi connectivity index (χ1v) is 9.10.